The molecular formula is C14H13N3O2S. The first-order chi connectivity index (χ1) is 9.58. The van der Waals surface area contributed by atoms with Gasteiger partial charge < -0.3 is 9.73 Å². The van der Waals surface area contributed by atoms with Crippen molar-refractivity contribution < 1.29 is 9.21 Å². The molecule has 0 spiro atoms. The summed E-state index contributed by atoms with van der Waals surface area (Å²) in [7, 11) is 0. The fraction of sp³-hybridized carbons (Fsp3) is 0.214. The second kappa shape index (κ2) is 6.26. The summed E-state index contributed by atoms with van der Waals surface area (Å²) in [4.78, 5) is 16.2. The molecule has 1 heterocycles. The average molecular weight is 287 g/mol. The smallest absolute Gasteiger partial charge is 0.256 e. The normalized spacial score (nSPS) is 11.7. The highest BCUT2D eigenvalue weighted by Gasteiger charge is 2.17. The monoisotopic (exact) mass is 287 g/mol. The van der Waals surface area contributed by atoms with Crippen LogP contribution in [0.3, 0.4) is 0 Å². The predicted molar refractivity (Wildman–Crippen MR) is 76.3 cm³/mol. The molecule has 0 radical (unpaired) electrons. The zero-order valence-electron chi connectivity index (χ0n) is 11.1. The Labute approximate surface area is 121 Å². The van der Waals surface area contributed by atoms with Crippen LogP contribution in [0.2, 0.25) is 0 Å². The molecule has 0 saturated carbocycles. The molecule has 20 heavy (non-hydrogen) atoms. The van der Waals surface area contributed by atoms with Gasteiger partial charge >= 0.3 is 0 Å². The zero-order valence-corrected chi connectivity index (χ0v) is 11.9. The van der Waals surface area contributed by atoms with Crippen molar-refractivity contribution in [3.05, 3.63) is 41.8 Å². The minimum atomic E-state index is -0.330. The Morgan fingerprint density at radius 1 is 1.45 bits per heavy atom. The maximum Gasteiger partial charge on any atom is 0.256 e. The maximum atomic E-state index is 12.0. The Balaban J connectivity index is 1.95. The third-order valence-corrected chi connectivity index (χ3v) is 3.48. The van der Waals surface area contributed by atoms with E-state index in [1.165, 1.54) is 11.8 Å². The highest BCUT2D eigenvalue weighted by Crippen LogP contribution is 2.23. The van der Waals surface area contributed by atoms with E-state index in [4.69, 9.17) is 9.68 Å². The van der Waals surface area contributed by atoms with Crippen LogP contribution in [-0.2, 0) is 4.79 Å². The van der Waals surface area contributed by atoms with Crippen molar-refractivity contribution in [3.63, 3.8) is 0 Å². The van der Waals surface area contributed by atoms with Crippen molar-refractivity contribution in [1.82, 2.24) is 4.98 Å². The van der Waals surface area contributed by atoms with Crippen LogP contribution in [0.15, 0.2) is 40.2 Å². The summed E-state index contributed by atoms with van der Waals surface area (Å²) >= 11 is 1.26. The van der Waals surface area contributed by atoms with Gasteiger partial charge in [0, 0.05) is 5.69 Å². The molecule has 0 saturated heterocycles. The summed E-state index contributed by atoms with van der Waals surface area (Å²) in [6, 6.07) is 8.74. The topological polar surface area (TPSA) is 78.9 Å². The Kier molecular flexibility index (Phi) is 4.43. The fourth-order valence-corrected chi connectivity index (χ4v) is 2.23. The number of carbonyl (C=O) groups is 1. The van der Waals surface area contributed by atoms with E-state index in [2.05, 4.69) is 10.3 Å². The molecule has 0 aliphatic rings. The fourth-order valence-electron chi connectivity index (χ4n) is 1.46. The summed E-state index contributed by atoms with van der Waals surface area (Å²) in [5.74, 6) is -0.143. The minimum Gasteiger partial charge on any atom is -0.440 e. The van der Waals surface area contributed by atoms with Gasteiger partial charge in [-0.25, -0.2) is 4.98 Å². The SMILES string of the molecule is Cc1coc(SC(C)C(=O)Nc2ccc(C#N)cc2)n1. The Bertz CT molecular complexity index is 643. The van der Waals surface area contributed by atoms with Gasteiger partial charge in [-0.15, -0.1) is 0 Å². The van der Waals surface area contributed by atoms with Crippen LogP contribution in [0.25, 0.3) is 0 Å². The molecule has 1 N–H and O–H groups in total. The number of amides is 1. The second-order valence-corrected chi connectivity index (χ2v) is 5.49. The molecule has 6 heteroatoms. The van der Waals surface area contributed by atoms with E-state index in [9.17, 15) is 4.79 Å². The first kappa shape index (κ1) is 14.2. The number of anilines is 1. The molecule has 102 valence electrons. The van der Waals surface area contributed by atoms with E-state index in [1.54, 1.807) is 37.5 Å². The molecule has 1 atom stereocenters. The largest absolute Gasteiger partial charge is 0.440 e. The quantitative estimate of drug-likeness (QED) is 0.874. The predicted octanol–water partition coefficient (Wildman–Crippen LogP) is 2.97. The van der Waals surface area contributed by atoms with Gasteiger partial charge in [0.1, 0.15) is 6.26 Å². The third kappa shape index (κ3) is 3.62. The van der Waals surface area contributed by atoms with Crippen molar-refractivity contribution in [2.75, 3.05) is 5.32 Å². The average Bonchev–Trinajstić information content (AvgIpc) is 2.85. The lowest BCUT2D eigenvalue weighted by molar-refractivity contribution is -0.115. The van der Waals surface area contributed by atoms with E-state index in [1.807, 2.05) is 13.0 Å². The molecule has 1 unspecified atom stereocenters. The Morgan fingerprint density at radius 2 is 2.15 bits per heavy atom. The molecule has 2 aromatic rings. The number of aromatic nitrogens is 1. The number of carbonyl (C=O) groups excluding carboxylic acids is 1. The van der Waals surface area contributed by atoms with Crippen molar-refractivity contribution in [1.29, 1.82) is 5.26 Å². The minimum absolute atomic E-state index is 0.143. The van der Waals surface area contributed by atoms with Gasteiger partial charge in [0.25, 0.3) is 5.22 Å². The number of oxazole rings is 1. The number of benzene rings is 1. The van der Waals surface area contributed by atoms with Crippen LogP contribution < -0.4 is 5.32 Å². The third-order valence-electron chi connectivity index (χ3n) is 2.53. The van der Waals surface area contributed by atoms with E-state index >= 15 is 0 Å². The van der Waals surface area contributed by atoms with Crippen molar-refractivity contribution >= 4 is 23.4 Å². The van der Waals surface area contributed by atoms with Gasteiger partial charge in [0.15, 0.2) is 0 Å². The van der Waals surface area contributed by atoms with Crippen LogP contribution in [0.5, 0.6) is 0 Å². The van der Waals surface area contributed by atoms with Gasteiger partial charge in [-0.3, -0.25) is 4.79 Å². The second-order valence-electron chi connectivity index (χ2n) is 4.19. The number of nitriles is 1. The van der Waals surface area contributed by atoms with Gasteiger partial charge in [-0.05, 0) is 38.1 Å². The molecule has 2 rings (SSSR count). The number of nitrogens with one attached hydrogen (secondary N) is 1. The number of aryl methyl sites for hydroxylation is 1. The molecule has 0 aliphatic heterocycles. The van der Waals surface area contributed by atoms with Crippen LogP contribution in [0.4, 0.5) is 5.69 Å². The van der Waals surface area contributed by atoms with Gasteiger partial charge in [-0.2, -0.15) is 5.26 Å². The first-order valence-corrected chi connectivity index (χ1v) is 6.86. The zero-order chi connectivity index (χ0) is 14.5. The Hall–Kier alpha value is -2.26. The number of hydrogen-bond donors (Lipinski definition) is 1. The molecule has 0 fully saturated rings. The van der Waals surface area contributed by atoms with E-state index < -0.39 is 0 Å². The lowest BCUT2D eigenvalue weighted by atomic mass is 10.2. The highest BCUT2D eigenvalue weighted by atomic mass is 32.2. The van der Waals surface area contributed by atoms with Crippen molar-refractivity contribution in [2.24, 2.45) is 0 Å². The van der Waals surface area contributed by atoms with E-state index in [0.29, 0.717) is 16.5 Å². The summed E-state index contributed by atoms with van der Waals surface area (Å²) in [6.45, 7) is 3.61. The standard InChI is InChI=1S/C14H13N3O2S/c1-9-8-19-14(16-9)20-10(2)13(18)17-12-5-3-11(7-15)4-6-12/h3-6,8,10H,1-2H3,(H,17,18). The van der Waals surface area contributed by atoms with Crippen LogP contribution >= 0.6 is 11.8 Å². The molecule has 5 nitrogen and oxygen atoms in total. The van der Waals surface area contributed by atoms with Gasteiger partial charge in [-0.1, -0.05) is 11.8 Å². The number of thioether (sulfide) groups is 1. The van der Waals surface area contributed by atoms with Gasteiger partial charge in [0.2, 0.25) is 5.91 Å². The number of nitrogens with zero attached hydrogens (tertiary/aromatic N) is 2. The maximum absolute atomic E-state index is 12.0. The molecule has 0 bridgehead atoms. The molecule has 1 aromatic carbocycles. The van der Waals surface area contributed by atoms with Crippen LogP contribution in [0, 0.1) is 18.3 Å². The Morgan fingerprint density at radius 3 is 2.70 bits per heavy atom. The number of hydrogen-bond acceptors (Lipinski definition) is 5. The lowest BCUT2D eigenvalue weighted by Gasteiger charge is -2.09. The summed E-state index contributed by atoms with van der Waals surface area (Å²) in [5.41, 5.74) is 2.00. The first-order valence-electron chi connectivity index (χ1n) is 5.98. The molecule has 0 aliphatic carbocycles. The molecule has 1 amide bonds. The summed E-state index contributed by atoms with van der Waals surface area (Å²) in [5, 5.41) is 11.6. The summed E-state index contributed by atoms with van der Waals surface area (Å²) < 4.78 is 5.20. The van der Waals surface area contributed by atoms with Crippen LogP contribution in [0.1, 0.15) is 18.2 Å². The van der Waals surface area contributed by atoms with Gasteiger partial charge in [0.05, 0.1) is 22.6 Å². The van der Waals surface area contributed by atoms with Crippen molar-refractivity contribution in [2.45, 2.75) is 24.3 Å². The lowest BCUT2D eigenvalue weighted by Crippen LogP contribution is -2.22. The van der Waals surface area contributed by atoms with E-state index in [-0.39, 0.29) is 11.2 Å². The molecular weight excluding hydrogens is 274 g/mol. The summed E-state index contributed by atoms with van der Waals surface area (Å²) in [6.07, 6.45) is 1.55. The number of rotatable bonds is 4. The van der Waals surface area contributed by atoms with Crippen molar-refractivity contribution in [3.8, 4) is 6.07 Å². The highest BCUT2D eigenvalue weighted by molar-refractivity contribution is 8.00. The van der Waals surface area contributed by atoms with Crippen LogP contribution in [-0.4, -0.2) is 16.1 Å². The molecule has 1 aromatic heterocycles. The van der Waals surface area contributed by atoms with E-state index in [0.717, 1.165) is 5.69 Å².